The monoisotopic (exact) mass is 524 g/mol. The van der Waals surface area contributed by atoms with Crippen molar-refractivity contribution in [1.29, 1.82) is 0 Å². The molecule has 8 bridgehead atoms. The number of aryl methyl sites for hydroxylation is 3. The van der Waals surface area contributed by atoms with Crippen LogP contribution in [0.15, 0.2) is 30.3 Å². The van der Waals surface area contributed by atoms with Gasteiger partial charge in [-0.15, -0.1) is 0 Å². The Morgan fingerprint density at radius 1 is 0.692 bits per heavy atom. The van der Waals surface area contributed by atoms with Crippen molar-refractivity contribution in [2.24, 2.45) is 0 Å². The quantitative estimate of drug-likeness (QED) is 0.284. The van der Waals surface area contributed by atoms with Gasteiger partial charge in [0.15, 0.2) is 0 Å². The van der Waals surface area contributed by atoms with Crippen molar-refractivity contribution >= 4 is 56.3 Å². The Balaban J connectivity index is 1.97. The number of nitrogens with one attached hydrogen (secondary N) is 2. The highest BCUT2D eigenvalue weighted by Crippen LogP contribution is 2.38. The number of carbonyl (C=O) groups is 2. The molecule has 0 spiro atoms. The first kappa shape index (κ1) is 26.2. The molecule has 8 nitrogen and oxygen atoms in total. The van der Waals surface area contributed by atoms with E-state index in [-0.39, 0.29) is 12.8 Å². The van der Waals surface area contributed by atoms with Crippen molar-refractivity contribution in [3.63, 3.8) is 0 Å². The van der Waals surface area contributed by atoms with Crippen LogP contribution in [0.3, 0.4) is 0 Å². The molecule has 8 heteroatoms. The zero-order chi connectivity index (χ0) is 28.0. The first-order valence-electron chi connectivity index (χ1n) is 13.2. The lowest BCUT2D eigenvalue weighted by atomic mass is 9.98. The first-order valence-corrected chi connectivity index (χ1v) is 13.2. The molecule has 0 aromatic carbocycles. The predicted octanol–water partition coefficient (Wildman–Crippen LogP) is 6.69. The average Bonchev–Trinajstić information content (AvgIpc) is 3.54. The number of allylic oxidation sites excluding steroid dienone is 2. The van der Waals surface area contributed by atoms with Gasteiger partial charge in [0, 0.05) is 22.1 Å². The number of hydrogen-bond acceptors (Lipinski definition) is 4. The van der Waals surface area contributed by atoms with E-state index in [1.165, 1.54) is 0 Å². The number of H-pyrrole nitrogens is 2. The first-order chi connectivity index (χ1) is 18.6. The van der Waals surface area contributed by atoms with Gasteiger partial charge in [-0.25, -0.2) is 9.97 Å². The zero-order valence-electron chi connectivity index (χ0n) is 22.8. The number of aliphatic carboxylic acids is 2. The molecule has 4 N–H and O–H groups in total. The number of rotatable bonds is 6. The van der Waals surface area contributed by atoms with Gasteiger partial charge in [-0.1, -0.05) is 13.8 Å². The number of nitrogens with zero attached hydrogens (tertiary/aromatic N) is 2. The Kier molecular flexibility index (Phi) is 6.72. The molecule has 0 aliphatic carbocycles. The van der Waals surface area contributed by atoms with E-state index >= 15 is 0 Å². The number of aromatic amines is 2. The van der Waals surface area contributed by atoms with Crippen LogP contribution in [0.4, 0.5) is 0 Å². The van der Waals surface area contributed by atoms with E-state index in [4.69, 9.17) is 9.97 Å². The average molecular weight is 525 g/mol. The van der Waals surface area contributed by atoms with Crippen LogP contribution in [0, 0.1) is 13.8 Å². The van der Waals surface area contributed by atoms with Gasteiger partial charge in [0.2, 0.25) is 0 Å². The summed E-state index contributed by atoms with van der Waals surface area (Å²) in [7, 11) is 0. The molecule has 0 amide bonds. The van der Waals surface area contributed by atoms with Crippen molar-refractivity contribution < 1.29 is 19.8 Å². The number of carboxylic acid groups (broad SMARTS) is 2. The Morgan fingerprint density at radius 2 is 1.28 bits per heavy atom. The van der Waals surface area contributed by atoms with Crippen LogP contribution >= 0.6 is 0 Å². The molecular formula is C31H32N4O4. The summed E-state index contributed by atoms with van der Waals surface area (Å²) >= 11 is 0. The smallest absolute Gasteiger partial charge is 0.307 e. The van der Waals surface area contributed by atoms with E-state index < -0.39 is 11.9 Å². The molecule has 2 aliphatic rings. The van der Waals surface area contributed by atoms with Crippen LogP contribution in [0.2, 0.25) is 0 Å². The molecule has 0 unspecified atom stereocenters. The third kappa shape index (κ3) is 4.78. The highest BCUT2D eigenvalue weighted by atomic mass is 16.4. The lowest BCUT2D eigenvalue weighted by Crippen LogP contribution is -2.01. The summed E-state index contributed by atoms with van der Waals surface area (Å²) in [5.74, 6) is -2.09. The van der Waals surface area contributed by atoms with E-state index in [1.54, 1.807) is 0 Å². The summed E-state index contributed by atoms with van der Waals surface area (Å²) < 4.78 is 0. The number of carboxylic acids is 2. The molecule has 2 aliphatic heterocycles. The molecule has 0 saturated heterocycles. The van der Waals surface area contributed by atoms with Crippen LogP contribution in [0.1, 0.15) is 79.5 Å². The molecule has 5 rings (SSSR count). The second kappa shape index (κ2) is 10.0. The van der Waals surface area contributed by atoms with Gasteiger partial charge in [-0.2, -0.15) is 0 Å². The van der Waals surface area contributed by atoms with Crippen LogP contribution in [-0.4, -0.2) is 42.1 Å². The van der Waals surface area contributed by atoms with Crippen LogP contribution < -0.4 is 0 Å². The topological polar surface area (TPSA) is 132 Å². The third-order valence-electron chi connectivity index (χ3n) is 7.64. The minimum Gasteiger partial charge on any atom is -0.481 e. The van der Waals surface area contributed by atoms with Gasteiger partial charge in [-0.05, 0) is 103 Å². The fourth-order valence-electron chi connectivity index (χ4n) is 5.63. The highest BCUT2D eigenvalue weighted by Gasteiger charge is 2.25. The standard InChI is InChI=1S/C31H32N4O4/c1-6-19-16(4)24-9-18-8-15(3)23(32-18)12-25-17(5)20(7-2)27(34-25)14-29-22(11-31(38)39)21(10-30(36)37)28(35-29)13-26(19)33-24/h8-9,12-14,32-33H,6-7,10-11H2,1-5H3,(H,36,37)(H,38,39). The van der Waals surface area contributed by atoms with E-state index in [1.807, 2.05) is 25.1 Å². The predicted molar refractivity (Wildman–Crippen MR) is 154 cm³/mol. The summed E-state index contributed by atoms with van der Waals surface area (Å²) in [6.45, 7) is 10.3. The van der Waals surface area contributed by atoms with Crippen molar-refractivity contribution in [2.75, 3.05) is 0 Å². The van der Waals surface area contributed by atoms with Gasteiger partial charge >= 0.3 is 11.9 Å². The summed E-state index contributed by atoms with van der Waals surface area (Å²) in [5.41, 5.74) is 12.4. The van der Waals surface area contributed by atoms with Crippen molar-refractivity contribution in [2.45, 2.75) is 60.3 Å². The summed E-state index contributed by atoms with van der Waals surface area (Å²) in [5, 5.41) is 19.5. The van der Waals surface area contributed by atoms with E-state index in [0.29, 0.717) is 28.2 Å². The van der Waals surface area contributed by atoms with Gasteiger partial charge in [0.05, 0.1) is 35.6 Å². The van der Waals surface area contributed by atoms with Gasteiger partial charge < -0.3 is 20.2 Å². The van der Waals surface area contributed by atoms with Gasteiger partial charge in [-0.3, -0.25) is 9.59 Å². The molecule has 5 heterocycles. The third-order valence-corrected chi connectivity index (χ3v) is 7.64. The minimum absolute atomic E-state index is 0.327. The minimum atomic E-state index is -1.04. The normalized spacial score (nSPS) is 13.4. The SMILES string of the molecule is CCC1=C(C)c2cc3[nH]c(cc3C)cc3[nH]c(cc4nc(cc1n2)C(CC(=O)O)=C4CC(=O)O)c(CC)c3C. The zero-order valence-corrected chi connectivity index (χ0v) is 22.8. The molecule has 0 atom stereocenters. The molecule has 3 aromatic heterocycles. The summed E-state index contributed by atoms with van der Waals surface area (Å²) in [6.07, 6.45) is 0.844. The van der Waals surface area contributed by atoms with Gasteiger partial charge in [0.1, 0.15) is 0 Å². The highest BCUT2D eigenvalue weighted by molar-refractivity contribution is 6.03. The Bertz CT molecular complexity index is 1770. The van der Waals surface area contributed by atoms with E-state index in [0.717, 1.165) is 68.4 Å². The molecule has 200 valence electrons. The maximum atomic E-state index is 11.9. The van der Waals surface area contributed by atoms with Crippen LogP contribution in [0.25, 0.3) is 44.4 Å². The van der Waals surface area contributed by atoms with Crippen molar-refractivity contribution in [1.82, 2.24) is 19.9 Å². The second-order valence-corrected chi connectivity index (χ2v) is 10.1. The lowest BCUT2D eigenvalue weighted by Gasteiger charge is -2.05. The van der Waals surface area contributed by atoms with Crippen molar-refractivity contribution in [3.05, 3.63) is 69.8 Å². The maximum Gasteiger partial charge on any atom is 0.307 e. The Labute approximate surface area is 226 Å². The second-order valence-electron chi connectivity index (χ2n) is 10.1. The largest absolute Gasteiger partial charge is 0.481 e. The number of fused-ring (bicyclic) bond motifs is 8. The Morgan fingerprint density at radius 3 is 1.90 bits per heavy atom. The molecular weight excluding hydrogens is 492 g/mol. The summed E-state index contributed by atoms with van der Waals surface area (Å²) in [6, 6.07) is 9.88. The summed E-state index contributed by atoms with van der Waals surface area (Å²) in [4.78, 5) is 40.6. The lowest BCUT2D eigenvalue weighted by molar-refractivity contribution is -0.137. The van der Waals surface area contributed by atoms with E-state index in [9.17, 15) is 19.8 Å². The molecule has 39 heavy (non-hydrogen) atoms. The fraction of sp³-hybridized carbons (Fsp3) is 0.290. The maximum absolute atomic E-state index is 11.9. The van der Waals surface area contributed by atoms with Crippen LogP contribution in [0.5, 0.6) is 0 Å². The van der Waals surface area contributed by atoms with E-state index in [2.05, 4.69) is 49.8 Å². The van der Waals surface area contributed by atoms with Gasteiger partial charge in [0.25, 0.3) is 0 Å². The van der Waals surface area contributed by atoms with Crippen LogP contribution in [-0.2, 0) is 16.0 Å². The molecule has 0 radical (unpaired) electrons. The van der Waals surface area contributed by atoms with Crippen molar-refractivity contribution in [3.8, 4) is 0 Å². The number of hydrogen-bond donors (Lipinski definition) is 4. The molecule has 0 saturated carbocycles. The molecule has 3 aromatic rings. The Hall–Kier alpha value is -4.46. The molecule has 0 fully saturated rings. The fourth-order valence-corrected chi connectivity index (χ4v) is 5.63. The number of aromatic nitrogens is 4.